The van der Waals surface area contributed by atoms with Crippen molar-refractivity contribution in [2.45, 2.75) is 95.5 Å². The molecule has 5 nitrogen and oxygen atoms in total. The van der Waals surface area contributed by atoms with Crippen LogP contribution in [-0.2, 0) is 19.1 Å². The smallest absolute Gasteiger partial charge is 0.182 e. The lowest BCUT2D eigenvalue weighted by Gasteiger charge is -2.63. The van der Waals surface area contributed by atoms with E-state index >= 15 is 4.39 Å². The molecular formula is C24H32ClFO5. The second-order valence-electron chi connectivity index (χ2n) is 11.3. The van der Waals surface area contributed by atoms with E-state index in [4.69, 9.17) is 21.1 Å². The van der Waals surface area contributed by atoms with Gasteiger partial charge in [0.05, 0.1) is 18.1 Å². The molecule has 3 saturated carbocycles. The molecule has 31 heavy (non-hydrogen) atoms. The van der Waals surface area contributed by atoms with E-state index in [1.165, 1.54) is 0 Å². The van der Waals surface area contributed by atoms with Gasteiger partial charge in [0.2, 0.25) is 0 Å². The highest BCUT2D eigenvalue weighted by atomic mass is 35.5. The number of halogens is 2. The molecule has 0 bridgehead atoms. The highest BCUT2D eigenvalue weighted by molar-refractivity contribution is 6.29. The van der Waals surface area contributed by atoms with Gasteiger partial charge < -0.3 is 14.6 Å². The molecule has 172 valence electrons. The molecule has 1 saturated heterocycles. The van der Waals surface area contributed by atoms with Crippen LogP contribution < -0.4 is 0 Å². The van der Waals surface area contributed by atoms with Crippen LogP contribution in [0, 0.1) is 22.7 Å². The number of hydrogen-bond acceptors (Lipinski definition) is 5. The molecule has 1 heterocycles. The van der Waals surface area contributed by atoms with E-state index in [0.29, 0.717) is 32.1 Å². The second kappa shape index (κ2) is 6.40. The third-order valence-electron chi connectivity index (χ3n) is 9.57. The zero-order valence-electron chi connectivity index (χ0n) is 18.7. The topological polar surface area (TPSA) is 72.8 Å². The van der Waals surface area contributed by atoms with Gasteiger partial charge in [0.25, 0.3) is 0 Å². The molecule has 4 fully saturated rings. The largest absolute Gasteiger partial charge is 0.390 e. The summed E-state index contributed by atoms with van der Waals surface area (Å²) >= 11 is 6.05. The maximum atomic E-state index is 17.2. The Kier molecular flexibility index (Phi) is 4.54. The van der Waals surface area contributed by atoms with Crippen LogP contribution in [0.4, 0.5) is 4.39 Å². The molecule has 1 N–H and O–H groups in total. The van der Waals surface area contributed by atoms with Crippen molar-refractivity contribution < 1.29 is 28.6 Å². The first-order chi connectivity index (χ1) is 14.4. The normalized spacial score (nSPS) is 52.6. The van der Waals surface area contributed by atoms with Crippen molar-refractivity contribution in [3.8, 4) is 0 Å². The number of aliphatic hydroxyl groups is 1. The highest BCUT2D eigenvalue weighted by Gasteiger charge is 2.80. The van der Waals surface area contributed by atoms with Gasteiger partial charge in [-0.25, -0.2) is 4.39 Å². The summed E-state index contributed by atoms with van der Waals surface area (Å²) in [6.07, 6.45) is 2.28. The molecule has 2 unspecified atom stereocenters. The molecule has 0 radical (unpaired) electrons. The zero-order chi connectivity index (χ0) is 22.6. The lowest BCUT2D eigenvalue weighted by molar-refractivity contribution is -0.250. The predicted octanol–water partition coefficient (Wildman–Crippen LogP) is 3.89. The summed E-state index contributed by atoms with van der Waals surface area (Å²) < 4.78 is 29.7. The first-order valence-electron chi connectivity index (χ1n) is 11.4. The summed E-state index contributed by atoms with van der Waals surface area (Å²) in [5.74, 6) is -2.02. The summed E-state index contributed by atoms with van der Waals surface area (Å²) in [5.41, 5.74) is -4.00. The minimum absolute atomic E-state index is 0.0377. The average Bonchev–Trinajstić information content (AvgIpc) is 3.09. The molecule has 7 heteroatoms. The van der Waals surface area contributed by atoms with Gasteiger partial charge in [-0.05, 0) is 57.9 Å². The van der Waals surface area contributed by atoms with Crippen molar-refractivity contribution in [2.24, 2.45) is 22.7 Å². The van der Waals surface area contributed by atoms with Gasteiger partial charge in [0, 0.05) is 23.2 Å². The standard InChI is InChI=1S/C24H32ClFO5/c1-20(2)30-19-10-16-15-6-5-13-9-14(27)7-8-21(13,3)23(15,26)17(28)11-22(16,4)24(19,31-20)18(29)12-25/h9,15-17,19,28H,5-8,10-12H2,1-4H3/t15?,16?,17-,19+,21-,22-,23-,24+/m0/s1. The zero-order valence-corrected chi connectivity index (χ0v) is 19.4. The number of ketones is 2. The van der Waals surface area contributed by atoms with Crippen molar-refractivity contribution in [1.29, 1.82) is 0 Å². The molecule has 0 amide bonds. The fraction of sp³-hybridized carbons (Fsp3) is 0.833. The Balaban J connectivity index is 1.63. The molecule has 5 rings (SSSR count). The Hall–Kier alpha value is -0.820. The van der Waals surface area contributed by atoms with Crippen LogP contribution >= 0.6 is 11.6 Å². The number of fused-ring (bicyclic) bond motifs is 7. The van der Waals surface area contributed by atoms with Gasteiger partial charge >= 0.3 is 0 Å². The SMILES string of the molecule is CC1(C)O[C@@H]2CC3C4CCC5=CC(=O)CC[C@]5(C)[C@@]4(F)[C@@H](O)C[C@]3(C)[C@]2(C(=O)CCl)O1. The maximum Gasteiger partial charge on any atom is 0.182 e. The first kappa shape index (κ1) is 22.0. The molecule has 0 aromatic heterocycles. The Labute approximate surface area is 187 Å². The number of ether oxygens (including phenoxy) is 2. The number of rotatable bonds is 2. The number of carbonyl (C=O) groups is 2. The number of alkyl halides is 2. The van der Waals surface area contributed by atoms with E-state index in [2.05, 4.69) is 0 Å². The summed E-state index contributed by atoms with van der Waals surface area (Å²) in [7, 11) is 0. The minimum Gasteiger partial charge on any atom is -0.390 e. The van der Waals surface area contributed by atoms with Gasteiger partial charge in [-0.1, -0.05) is 19.4 Å². The highest BCUT2D eigenvalue weighted by Crippen LogP contribution is 2.72. The van der Waals surface area contributed by atoms with Gasteiger partial charge in [0.15, 0.2) is 23.0 Å². The first-order valence-corrected chi connectivity index (χ1v) is 12.0. The van der Waals surface area contributed by atoms with Crippen molar-refractivity contribution in [2.75, 3.05) is 5.88 Å². The van der Waals surface area contributed by atoms with E-state index < -0.39 is 46.0 Å². The maximum absolute atomic E-state index is 17.2. The lowest BCUT2D eigenvalue weighted by atomic mass is 9.44. The third kappa shape index (κ3) is 2.43. The molecule has 8 atom stereocenters. The van der Waals surface area contributed by atoms with Gasteiger partial charge in [-0.2, -0.15) is 0 Å². The number of carbonyl (C=O) groups excluding carboxylic acids is 2. The molecular weight excluding hydrogens is 423 g/mol. The van der Waals surface area contributed by atoms with Gasteiger partial charge in [-0.3, -0.25) is 9.59 Å². The van der Waals surface area contributed by atoms with Crippen LogP contribution in [0.1, 0.15) is 66.2 Å². The Morgan fingerprint density at radius 3 is 2.65 bits per heavy atom. The predicted molar refractivity (Wildman–Crippen MR) is 112 cm³/mol. The quantitative estimate of drug-likeness (QED) is 0.641. The summed E-state index contributed by atoms with van der Waals surface area (Å²) in [6.45, 7) is 7.38. The van der Waals surface area contributed by atoms with Crippen LogP contribution in [0.2, 0.25) is 0 Å². The third-order valence-corrected chi connectivity index (χ3v) is 9.81. The molecule has 0 aromatic carbocycles. The number of aliphatic hydroxyl groups excluding tert-OH is 1. The van der Waals surface area contributed by atoms with Crippen molar-refractivity contribution in [3.05, 3.63) is 11.6 Å². The van der Waals surface area contributed by atoms with E-state index in [0.717, 1.165) is 5.57 Å². The van der Waals surface area contributed by atoms with E-state index in [9.17, 15) is 14.7 Å². The summed E-state index contributed by atoms with van der Waals surface area (Å²) in [5, 5.41) is 11.4. The average molecular weight is 455 g/mol. The van der Waals surface area contributed by atoms with E-state index in [1.54, 1.807) is 19.9 Å². The van der Waals surface area contributed by atoms with E-state index in [1.807, 2.05) is 13.8 Å². The van der Waals surface area contributed by atoms with Crippen molar-refractivity contribution >= 4 is 23.2 Å². The summed E-state index contributed by atoms with van der Waals surface area (Å²) in [6, 6.07) is 0. The van der Waals surface area contributed by atoms with Crippen molar-refractivity contribution in [3.63, 3.8) is 0 Å². The van der Waals surface area contributed by atoms with Crippen LogP contribution in [0.25, 0.3) is 0 Å². The van der Waals surface area contributed by atoms with Gasteiger partial charge in [0.1, 0.15) is 5.67 Å². The molecule has 5 aliphatic rings. The van der Waals surface area contributed by atoms with Crippen LogP contribution in [0.15, 0.2) is 11.6 Å². The summed E-state index contributed by atoms with van der Waals surface area (Å²) in [4.78, 5) is 25.3. The molecule has 0 spiro atoms. The second-order valence-corrected chi connectivity index (χ2v) is 11.5. The number of Topliss-reactive ketones (excluding diaryl/α,β-unsaturated/α-hetero) is 1. The van der Waals surface area contributed by atoms with Crippen LogP contribution in [-0.4, -0.2) is 51.8 Å². The minimum atomic E-state index is -1.86. The lowest BCUT2D eigenvalue weighted by Crippen LogP contribution is -2.70. The number of hydrogen-bond donors (Lipinski definition) is 1. The van der Waals surface area contributed by atoms with Crippen LogP contribution in [0.5, 0.6) is 0 Å². The van der Waals surface area contributed by atoms with Crippen LogP contribution in [0.3, 0.4) is 0 Å². The van der Waals surface area contributed by atoms with E-state index in [-0.39, 0.29) is 29.8 Å². The monoisotopic (exact) mass is 454 g/mol. The Morgan fingerprint density at radius 2 is 1.97 bits per heavy atom. The Morgan fingerprint density at radius 1 is 1.26 bits per heavy atom. The number of allylic oxidation sites excluding steroid dienone is 1. The van der Waals surface area contributed by atoms with Crippen molar-refractivity contribution in [1.82, 2.24) is 0 Å². The molecule has 4 aliphatic carbocycles. The van der Waals surface area contributed by atoms with Gasteiger partial charge in [-0.15, -0.1) is 11.6 Å². The fourth-order valence-electron chi connectivity index (χ4n) is 8.27. The fourth-order valence-corrected chi connectivity index (χ4v) is 8.47. The molecule has 0 aromatic rings. The molecule has 1 aliphatic heterocycles. The Bertz CT molecular complexity index is 887.